The molecule has 0 spiro atoms. The second-order valence-electron chi connectivity index (χ2n) is 9.03. The van der Waals surface area contributed by atoms with Gasteiger partial charge in [-0.3, -0.25) is 4.79 Å². The Morgan fingerprint density at radius 1 is 0.700 bits per heavy atom. The number of piperidine rings is 2. The second-order valence-corrected chi connectivity index (χ2v) is 9.03. The molecule has 0 bridgehead atoms. The summed E-state index contributed by atoms with van der Waals surface area (Å²) in [7, 11) is 0. The Labute approximate surface area is 247 Å². The van der Waals surface area contributed by atoms with Crippen LogP contribution in [-0.4, -0.2) is 52.1 Å². The highest BCUT2D eigenvalue weighted by Gasteiger charge is 2.20. The molecule has 40 heavy (non-hydrogen) atoms. The number of benzene rings is 2. The number of aromatic nitrogens is 3. The largest absolute Gasteiger partial charge is 0.507 e. The van der Waals surface area contributed by atoms with Gasteiger partial charge in [-0.05, 0) is 74.9 Å². The highest BCUT2D eigenvalue weighted by Crippen LogP contribution is 2.25. The fourth-order valence-electron chi connectivity index (χ4n) is 4.51. The second kappa shape index (κ2) is 17.0. The van der Waals surface area contributed by atoms with Crippen LogP contribution in [0.2, 0.25) is 0 Å². The van der Waals surface area contributed by atoms with Crippen LogP contribution < -0.4 is 45.0 Å². The normalized spacial score (nSPS) is 14.1. The van der Waals surface area contributed by atoms with Crippen LogP contribution in [0.5, 0.6) is 5.75 Å². The Balaban J connectivity index is -0.000000563. The van der Waals surface area contributed by atoms with Crippen LogP contribution in [0.15, 0.2) is 48.5 Å². The van der Waals surface area contributed by atoms with Crippen molar-refractivity contribution in [3.8, 4) is 5.75 Å². The maximum atomic E-state index is 12.5. The van der Waals surface area contributed by atoms with Crippen molar-refractivity contribution >= 4 is 47.5 Å². The number of rotatable bonds is 6. The smallest absolute Gasteiger partial charge is 0.259 e. The van der Waals surface area contributed by atoms with Gasteiger partial charge in [-0.1, -0.05) is 12.1 Å². The highest BCUT2D eigenvalue weighted by atomic mass is 35.5. The van der Waals surface area contributed by atoms with Gasteiger partial charge in [0, 0.05) is 43.3 Å². The Bertz CT molecular complexity index is 1150. The van der Waals surface area contributed by atoms with Crippen molar-refractivity contribution in [1.82, 2.24) is 39.6 Å². The fraction of sp³-hybridized carbons (Fsp3) is 0.385. The number of hydrogen-bond donors (Lipinski definition) is 7. The van der Waals surface area contributed by atoms with Crippen molar-refractivity contribution in [3.05, 3.63) is 54.1 Å². The number of nitrogens with zero attached hydrogens (tertiary/aromatic N) is 5. The van der Waals surface area contributed by atoms with Gasteiger partial charge in [0.25, 0.3) is 5.91 Å². The molecule has 230 valence electrons. The van der Waals surface area contributed by atoms with E-state index in [1.807, 2.05) is 12.1 Å². The predicted octanol–water partition coefficient (Wildman–Crippen LogP) is 6.61. The third-order valence-electron chi connectivity index (χ3n) is 6.44. The number of phenols is 1. The van der Waals surface area contributed by atoms with Gasteiger partial charge in [-0.15, -0.1) is 12.4 Å². The van der Waals surface area contributed by atoms with Gasteiger partial charge in [-0.2, -0.15) is 15.0 Å². The summed E-state index contributed by atoms with van der Waals surface area (Å²) >= 11 is 0. The summed E-state index contributed by atoms with van der Waals surface area (Å²) in [4.78, 5) is 31.3. The molecule has 0 unspecified atom stereocenters. The lowest BCUT2D eigenvalue weighted by Gasteiger charge is -2.30. The standard InChI is InChI=1S/C26H31N7O2.ClH.4H3N.4H2/c34-22-10-4-3-9-21(22)23(35)27-19-11-13-20(14-12-19)28-24-29-25(32-15-5-1-6-16-32)31-26(30-24)33-17-7-2-8-18-33;;;;;;;;;/h3-4,9-14,34H,1-2,5-8,15-18H2,(H,27,35)(H,28,29,30,31);1H;4*1H3;4*1H. The zero-order valence-corrected chi connectivity index (χ0v) is 23.8. The molecule has 0 aliphatic carbocycles. The SMILES string of the molecule is Cl.N.N.N.N.O=C(Nc1ccc(Nc2nc(N3CCCCC3)nc(N3CCCCC3)n2)cc1)c1ccccc1O.[HH].[HH].[HH].[HH]. The lowest BCUT2D eigenvalue weighted by atomic mass is 10.1. The number of anilines is 5. The molecular formula is C26H52ClN11O2. The topological polar surface area (TPSA) is 247 Å². The Morgan fingerprint density at radius 2 is 1.18 bits per heavy atom. The Kier molecular flexibility index (Phi) is 15.4. The summed E-state index contributed by atoms with van der Waals surface area (Å²) in [6.07, 6.45) is 7.11. The molecule has 13 nitrogen and oxygen atoms in total. The van der Waals surface area contributed by atoms with Gasteiger partial charge < -0.3 is 50.1 Å². The van der Waals surface area contributed by atoms with Crippen LogP contribution in [0, 0.1) is 0 Å². The number of carbonyl (C=O) groups excluding carboxylic acids is 1. The fourth-order valence-corrected chi connectivity index (χ4v) is 4.51. The van der Waals surface area contributed by atoms with Crippen molar-refractivity contribution in [2.24, 2.45) is 0 Å². The molecule has 0 atom stereocenters. The van der Waals surface area contributed by atoms with Crippen molar-refractivity contribution in [2.75, 3.05) is 46.6 Å². The monoisotopic (exact) mass is 585 g/mol. The molecule has 14 heteroatoms. The number of carbonyl (C=O) groups is 1. The van der Waals surface area contributed by atoms with Crippen LogP contribution in [0.4, 0.5) is 29.2 Å². The zero-order chi connectivity index (χ0) is 24.0. The highest BCUT2D eigenvalue weighted by molar-refractivity contribution is 6.06. The van der Waals surface area contributed by atoms with E-state index in [0.29, 0.717) is 11.6 Å². The van der Waals surface area contributed by atoms with Crippen molar-refractivity contribution < 1.29 is 15.6 Å². The number of aromatic hydroxyl groups is 1. The maximum absolute atomic E-state index is 12.5. The molecule has 2 aromatic carbocycles. The minimum absolute atomic E-state index is 0. The Hall–Kier alpha value is -3.75. The van der Waals surface area contributed by atoms with Crippen LogP contribution in [-0.2, 0) is 0 Å². The average molecular weight is 586 g/mol. The van der Waals surface area contributed by atoms with Crippen LogP contribution in [0.3, 0.4) is 0 Å². The van der Waals surface area contributed by atoms with Crippen molar-refractivity contribution in [2.45, 2.75) is 38.5 Å². The van der Waals surface area contributed by atoms with E-state index >= 15 is 0 Å². The van der Waals surface area contributed by atoms with Gasteiger partial charge in [0.15, 0.2) is 0 Å². The molecule has 5 rings (SSSR count). The van der Waals surface area contributed by atoms with E-state index < -0.39 is 0 Å². The summed E-state index contributed by atoms with van der Waals surface area (Å²) in [5.74, 6) is 1.57. The first-order chi connectivity index (χ1) is 17.2. The molecule has 2 aliphatic rings. The van der Waals surface area contributed by atoms with Crippen LogP contribution in [0.1, 0.15) is 54.6 Å². The van der Waals surface area contributed by atoms with Gasteiger partial charge in [0.2, 0.25) is 17.8 Å². The summed E-state index contributed by atoms with van der Waals surface area (Å²) in [5, 5.41) is 16.0. The average Bonchev–Trinajstić information content (AvgIpc) is 2.91. The third kappa shape index (κ3) is 8.89. The van der Waals surface area contributed by atoms with Crippen molar-refractivity contribution in [1.29, 1.82) is 0 Å². The number of nitrogens with one attached hydrogen (secondary N) is 2. The van der Waals surface area contributed by atoms with E-state index in [0.717, 1.165) is 69.4 Å². The number of halogens is 1. The number of phenolic OH excluding ortho intramolecular Hbond substituents is 1. The molecule has 3 heterocycles. The van der Waals surface area contributed by atoms with Crippen LogP contribution >= 0.6 is 12.4 Å². The Morgan fingerprint density at radius 3 is 1.68 bits per heavy atom. The van der Waals surface area contributed by atoms with Crippen molar-refractivity contribution in [3.63, 3.8) is 0 Å². The summed E-state index contributed by atoms with van der Waals surface area (Å²) in [6, 6.07) is 13.8. The number of hydrogen-bond acceptors (Lipinski definition) is 12. The molecule has 15 N–H and O–H groups in total. The summed E-state index contributed by atoms with van der Waals surface area (Å²) < 4.78 is 0. The lowest BCUT2D eigenvalue weighted by molar-refractivity contribution is 0.102. The third-order valence-corrected chi connectivity index (χ3v) is 6.44. The molecule has 1 aromatic heterocycles. The molecule has 0 saturated carbocycles. The van der Waals surface area contributed by atoms with Gasteiger partial charge in [-0.25, -0.2) is 0 Å². The first-order valence-corrected chi connectivity index (χ1v) is 12.4. The number of amides is 1. The van der Waals surface area contributed by atoms with E-state index in [4.69, 9.17) is 15.0 Å². The molecule has 0 radical (unpaired) electrons. The minimum Gasteiger partial charge on any atom is -0.507 e. The van der Waals surface area contributed by atoms with E-state index in [2.05, 4.69) is 20.4 Å². The summed E-state index contributed by atoms with van der Waals surface area (Å²) in [6.45, 7) is 3.87. The lowest BCUT2D eigenvalue weighted by Crippen LogP contribution is -2.34. The van der Waals surface area contributed by atoms with Gasteiger partial charge in [0.05, 0.1) is 5.56 Å². The first-order valence-electron chi connectivity index (χ1n) is 12.4. The van der Waals surface area contributed by atoms with Crippen LogP contribution in [0.25, 0.3) is 0 Å². The maximum Gasteiger partial charge on any atom is 0.259 e. The molecular weight excluding hydrogens is 534 g/mol. The zero-order valence-electron chi connectivity index (χ0n) is 23.0. The van der Waals surface area contributed by atoms with E-state index in [9.17, 15) is 9.90 Å². The van der Waals surface area contributed by atoms with E-state index in [-0.39, 0.29) is 59.9 Å². The molecule has 3 aromatic rings. The summed E-state index contributed by atoms with van der Waals surface area (Å²) in [5.41, 5.74) is 1.67. The van der Waals surface area contributed by atoms with E-state index in [1.165, 1.54) is 18.9 Å². The van der Waals surface area contributed by atoms with Gasteiger partial charge in [0.1, 0.15) is 5.75 Å². The molecule has 1 amide bonds. The first kappa shape index (κ1) is 36.2. The minimum atomic E-state index is -0.362. The van der Waals surface area contributed by atoms with Gasteiger partial charge >= 0.3 is 0 Å². The molecule has 2 saturated heterocycles. The predicted molar refractivity (Wildman–Crippen MR) is 174 cm³/mol. The molecule has 2 fully saturated rings. The molecule has 2 aliphatic heterocycles. The van der Waals surface area contributed by atoms with E-state index in [1.54, 1.807) is 30.3 Å². The quantitative estimate of drug-likeness (QED) is 0.161. The number of para-hydroxylation sites is 1.